The number of piperazine rings is 1. The van der Waals surface area contributed by atoms with Gasteiger partial charge in [0, 0.05) is 32.7 Å². The van der Waals surface area contributed by atoms with Crippen LogP contribution in [-0.4, -0.2) is 36.2 Å². The summed E-state index contributed by atoms with van der Waals surface area (Å²) in [5, 5.41) is 5.29. The van der Waals surface area contributed by atoms with Crippen LogP contribution in [0.15, 0.2) is 41.4 Å². The Morgan fingerprint density at radius 1 is 1.17 bits per heavy atom. The third kappa shape index (κ3) is 1.99. The van der Waals surface area contributed by atoms with Crippen molar-refractivity contribution in [1.29, 1.82) is 0 Å². The number of benzene rings is 1. The minimum Gasteiger partial charge on any atom is -0.354 e. The zero-order chi connectivity index (χ0) is 12.4. The molecule has 0 saturated carbocycles. The summed E-state index contributed by atoms with van der Waals surface area (Å²) in [6, 6.07) is 8.00. The Morgan fingerprint density at radius 3 is 2.72 bits per heavy atom. The van der Waals surface area contributed by atoms with E-state index in [0.29, 0.717) is 0 Å². The largest absolute Gasteiger partial charge is 0.354 e. The van der Waals surface area contributed by atoms with Crippen molar-refractivity contribution in [3.63, 3.8) is 0 Å². The van der Waals surface area contributed by atoms with Gasteiger partial charge in [-0.25, -0.2) is 0 Å². The third-order valence-corrected chi connectivity index (χ3v) is 3.29. The van der Waals surface area contributed by atoms with E-state index in [2.05, 4.69) is 27.6 Å². The third-order valence-electron chi connectivity index (χ3n) is 3.29. The van der Waals surface area contributed by atoms with E-state index in [1.54, 1.807) is 0 Å². The van der Waals surface area contributed by atoms with Gasteiger partial charge in [0.1, 0.15) is 0 Å². The van der Waals surface area contributed by atoms with E-state index >= 15 is 0 Å². The lowest BCUT2D eigenvalue weighted by molar-refractivity contribution is 0.321. The van der Waals surface area contributed by atoms with Gasteiger partial charge in [-0.3, -0.25) is 4.90 Å². The molecule has 1 aliphatic heterocycles. The van der Waals surface area contributed by atoms with Crippen LogP contribution >= 0.6 is 0 Å². The molecular formula is C14H16N3O. The van der Waals surface area contributed by atoms with Crippen molar-refractivity contribution in [3.05, 3.63) is 43.5 Å². The zero-order valence-corrected chi connectivity index (χ0v) is 10.2. The van der Waals surface area contributed by atoms with Gasteiger partial charge in [0.2, 0.25) is 0 Å². The molecule has 0 aliphatic carbocycles. The minimum absolute atomic E-state index is 0.854. The van der Waals surface area contributed by atoms with E-state index in [1.165, 1.54) is 0 Å². The summed E-state index contributed by atoms with van der Waals surface area (Å²) in [5.41, 5.74) is 0.854. The number of aromatic nitrogens is 1. The summed E-state index contributed by atoms with van der Waals surface area (Å²) in [6.07, 6.45) is 1.83. The zero-order valence-electron chi connectivity index (χ0n) is 10.2. The highest BCUT2D eigenvalue weighted by atomic mass is 16.5. The number of hydrogen-bond donors (Lipinski definition) is 0. The van der Waals surface area contributed by atoms with Gasteiger partial charge in [-0.1, -0.05) is 23.4 Å². The van der Waals surface area contributed by atoms with Gasteiger partial charge >= 0.3 is 0 Å². The maximum Gasteiger partial charge on any atom is 0.180 e. The number of fused-ring (bicyclic) bond motifs is 1. The second-order valence-electron chi connectivity index (χ2n) is 4.41. The molecule has 93 valence electrons. The van der Waals surface area contributed by atoms with Crippen molar-refractivity contribution in [2.24, 2.45) is 0 Å². The number of anilines is 1. The van der Waals surface area contributed by atoms with Gasteiger partial charge in [0.25, 0.3) is 0 Å². The molecule has 1 fully saturated rings. The van der Waals surface area contributed by atoms with Crippen LogP contribution in [0.3, 0.4) is 0 Å². The quantitative estimate of drug-likeness (QED) is 0.826. The molecule has 1 aromatic carbocycles. The van der Waals surface area contributed by atoms with Crippen LogP contribution in [0.25, 0.3) is 11.0 Å². The first-order chi connectivity index (χ1) is 8.88. The van der Waals surface area contributed by atoms with Crippen molar-refractivity contribution in [2.75, 3.05) is 31.1 Å². The van der Waals surface area contributed by atoms with E-state index in [1.807, 2.05) is 30.8 Å². The lowest BCUT2D eigenvalue weighted by Gasteiger charge is -2.33. The summed E-state index contributed by atoms with van der Waals surface area (Å²) in [4.78, 5) is 4.55. The summed E-state index contributed by atoms with van der Waals surface area (Å²) < 4.78 is 5.35. The number of rotatable bonds is 3. The average Bonchev–Trinajstić information content (AvgIpc) is 2.84. The standard InChI is InChI=1S/C14H16N3O/c1-2-7-16-8-10-17(11-9-16)14-12-5-3-4-6-13(12)18-15-14/h2-7H,1,8-11H2. The van der Waals surface area contributed by atoms with E-state index in [4.69, 9.17) is 4.52 Å². The Balaban J connectivity index is 1.78. The predicted octanol–water partition coefficient (Wildman–Crippen LogP) is 2.30. The SMILES string of the molecule is C=C[CH]N1CCN(c2noc3ccccc23)CC1. The Morgan fingerprint density at radius 2 is 1.94 bits per heavy atom. The van der Waals surface area contributed by atoms with Crippen LogP contribution in [-0.2, 0) is 0 Å². The molecule has 4 heteroatoms. The second-order valence-corrected chi connectivity index (χ2v) is 4.41. The van der Waals surface area contributed by atoms with Gasteiger partial charge < -0.3 is 9.42 Å². The van der Waals surface area contributed by atoms with E-state index in [-0.39, 0.29) is 0 Å². The Kier molecular flexibility index (Phi) is 3.02. The van der Waals surface area contributed by atoms with E-state index in [9.17, 15) is 0 Å². The maximum atomic E-state index is 5.35. The molecule has 2 heterocycles. The Bertz CT molecular complexity index is 541. The van der Waals surface area contributed by atoms with E-state index in [0.717, 1.165) is 43.0 Å². The molecular weight excluding hydrogens is 226 g/mol. The van der Waals surface area contributed by atoms with Crippen LogP contribution in [0.2, 0.25) is 0 Å². The molecule has 0 atom stereocenters. The molecule has 1 saturated heterocycles. The highest BCUT2D eigenvalue weighted by molar-refractivity contribution is 5.88. The molecule has 0 unspecified atom stereocenters. The number of para-hydroxylation sites is 1. The van der Waals surface area contributed by atoms with Crippen molar-refractivity contribution in [2.45, 2.75) is 0 Å². The maximum absolute atomic E-state index is 5.35. The molecule has 4 nitrogen and oxygen atoms in total. The van der Waals surface area contributed by atoms with Crippen LogP contribution in [0.5, 0.6) is 0 Å². The molecule has 3 rings (SSSR count). The fourth-order valence-corrected chi connectivity index (χ4v) is 2.33. The minimum atomic E-state index is 0.854. The lowest BCUT2D eigenvalue weighted by atomic mass is 10.2. The molecule has 0 amide bonds. The van der Waals surface area contributed by atoms with Crippen LogP contribution in [0.4, 0.5) is 5.82 Å². The van der Waals surface area contributed by atoms with E-state index < -0.39 is 0 Å². The van der Waals surface area contributed by atoms with Gasteiger partial charge in [-0.05, 0) is 12.1 Å². The first-order valence-electron chi connectivity index (χ1n) is 6.18. The smallest absolute Gasteiger partial charge is 0.180 e. The van der Waals surface area contributed by atoms with Crippen molar-refractivity contribution in [1.82, 2.24) is 10.1 Å². The van der Waals surface area contributed by atoms with Gasteiger partial charge in [0.05, 0.1) is 5.39 Å². The van der Waals surface area contributed by atoms with Crippen molar-refractivity contribution < 1.29 is 4.52 Å². The molecule has 0 N–H and O–H groups in total. The molecule has 18 heavy (non-hydrogen) atoms. The Hall–Kier alpha value is -1.81. The predicted molar refractivity (Wildman–Crippen MR) is 72.3 cm³/mol. The first kappa shape index (κ1) is 11.3. The summed E-state index contributed by atoms with van der Waals surface area (Å²) in [5.74, 6) is 0.962. The van der Waals surface area contributed by atoms with Gasteiger partial charge in [-0.15, -0.1) is 6.58 Å². The van der Waals surface area contributed by atoms with Gasteiger partial charge in [-0.2, -0.15) is 0 Å². The number of hydrogen-bond acceptors (Lipinski definition) is 4. The summed E-state index contributed by atoms with van der Waals surface area (Å²) in [6.45, 7) is 9.67. The molecule has 1 aromatic heterocycles. The fourth-order valence-electron chi connectivity index (χ4n) is 2.33. The molecule has 1 radical (unpaired) electrons. The number of nitrogens with zero attached hydrogens (tertiary/aromatic N) is 3. The molecule has 0 spiro atoms. The fraction of sp³-hybridized carbons (Fsp3) is 0.286. The first-order valence-corrected chi connectivity index (χ1v) is 6.18. The average molecular weight is 242 g/mol. The normalized spacial score (nSPS) is 17.2. The summed E-state index contributed by atoms with van der Waals surface area (Å²) >= 11 is 0. The topological polar surface area (TPSA) is 32.5 Å². The summed E-state index contributed by atoms with van der Waals surface area (Å²) in [7, 11) is 0. The second kappa shape index (κ2) is 4.82. The Labute approximate surface area is 106 Å². The van der Waals surface area contributed by atoms with Crippen LogP contribution in [0, 0.1) is 6.54 Å². The highest BCUT2D eigenvalue weighted by Gasteiger charge is 2.20. The highest BCUT2D eigenvalue weighted by Crippen LogP contribution is 2.26. The van der Waals surface area contributed by atoms with Crippen molar-refractivity contribution in [3.8, 4) is 0 Å². The van der Waals surface area contributed by atoms with Crippen LogP contribution < -0.4 is 4.90 Å². The van der Waals surface area contributed by atoms with Gasteiger partial charge in [0.15, 0.2) is 11.4 Å². The van der Waals surface area contributed by atoms with Crippen LogP contribution in [0.1, 0.15) is 0 Å². The van der Waals surface area contributed by atoms with Crippen molar-refractivity contribution >= 4 is 16.8 Å². The molecule has 2 aromatic rings. The molecule has 0 bridgehead atoms. The monoisotopic (exact) mass is 242 g/mol. The lowest BCUT2D eigenvalue weighted by Crippen LogP contribution is -2.45. The molecule has 1 aliphatic rings.